The minimum absolute atomic E-state index is 0.155. The number of benzene rings is 1. The Bertz CT molecular complexity index is 431. The smallest absolute Gasteiger partial charge is 0.307 e. The van der Waals surface area contributed by atoms with Crippen molar-refractivity contribution >= 4 is 17.7 Å². The minimum atomic E-state index is -0.648. The highest BCUT2D eigenvalue weighted by molar-refractivity contribution is 8.00. The van der Waals surface area contributed by atoms with Crippen LogP contribution in [-0.4, -0.2) is 16.3 Å². The Labute approximate surface area is 113 Å². The predicted octanol–water partition coefficient (Wildman–Crippen LogP) is 3.94. The van der Waals surface area contributed by atoms with Crippen LogP contribution in [-0.2, 0) is 10.2 Å². The van der Waals surface area contributed by atoms with Crippen LogP contribution in [0, 0.1) is 5.92 Å². The second-order valence-electron chi connectivity index (χ2n) is 5.95. The zero-order chi connectivity index (χ0) is 13.3. The fraction of sp³-hybridized carbons (Fsp3) is 0.533. The third-order valence-corrected chi connectivity index (χ3v) is 4.95. The fourth-order valence-corrected chi connectivity index (χ4v) is 3.41. The van der Waals surface area contributed by atoms with Crippen LogP contribution < -0.4 is 0 Å². The van der Waals surface area contributed by atoms with E-state index in [4.69, 9.17) is 5.11 Å². The van der Waals surface area contributed by atoms with Crippen molar-refractivity contribution in [3.8, 4) is 0 Å². The van der Waals surface area contributed by atoms with Crippen LogP contribution in [0.1, 0.15) is 39.2 Å². The van der Waals surface area contributed by atoms with Crippen molar-refractivity contribution in [2.75, 3.05) is 0 Å². The molecule has 3 heteroatoms. The molecular formula is C15H20O2S. The lowest BCUT2D eigenvalue weighted by atomic mass is 9.85. The number of carboxylic acid groups (broad SMARTS) is 1. The van der Waals surface area contributed by atoms with E-state index in [0.29, 0.717) is 0 Å². The Kier molecular flexibility index (Phi) is 3.71. The van der Waals surface area contributed by atoms with Crippen molar-refractivity contribution < 1.29 is 9.90 Å². The molecule has 2 nitrogen and oxygen atoms in total. The van der Waals surface area contributed by atoms with E-state index in [2.05, 4.69) is 45.0 Å². The van der Waals surface area contributed by atoms with Crippen molar-refractivity contribution in [1.29, 1.82) is 0 Å². The first kappa shape index (κ1) is 13.5. The van der Waals surface area contributed by atoms with Crippen molar-refractivity contribution in [3.63, 3.8) is 0 Å². The summed E-state index contributed by atoms with van der Waals surface area (Å²) < 4.78 is 0. The molecule has 1 aliphatic rings. The maximum absolute atomic E-state index is 11.0. The van der Waals surface area contributed by atoms with Crippen molar-refractivity contribution in [2.45, 2.75) is 49.2 Å². The van der Waals surface area contributed by atoms with Gasteiger partial charge >= 0.3 is 5.97 Å². The van der Waals surface area contributed by atoms with Gasteiger partial charge in [0, 0.05) is 10.1 Å². The highest BCUT2D eigenvalue weighted by Crippen LogP contribution is 2.41. The Morgan fingerprint density at radius 2 is 1.83 bits per heavy atom. The topological polar surface area (TPSA) is 37.3 Å². The molecule has 1 N–H and O–H groups in total. The lowest BCUT2D eigenvalue weighted by Gasteiger charge is -2.32. The largest absolute Gasteiger partial charge is 0.481 e. The summed E-state index contributed by atoms with van der Waals surface area (Å²) in [5.41, 5.74) is 1.48. The number of hydrogen-bond donors (Lipinski definition) is 1. The molecule has 2 unspecified atom stereocenters. The summed E-state index contributed by atoms with van der Waals surface area (Å²) in [5, 5.41) is 9.27. The molecule has 0 spiro atoms. The van der Waals surface area contributed by atoms with Gasteiger partial charge in [0.05, 0.1) is 5.92 Å². The van der Waals surface area contributed by atoms with Gasteiger partial charge in [0.1, 0.15) is 0 Å². The van der Waals surface area contributed by atoms with E-state index < -0.39 is 5.97 Å². The van der Waals surface area contributed by atoms with Gasteiger partial charge in [-0.25, -0.2) is 0 Å². The molecule has 1 aromatic rings. The highest BCUT2D eigenvalue weighted by Gasteiger charge is 2.37. The molecule has 2 rings (SSSR count). The summed E-state index contributed by atoms with van der Waals surface area (Å²) in [7, 11) is 0. The number of aliphatic carboxylic acids is 1. The molecule has 0 aromatic heterocycles. The minimum Gasteiger partial charge on any atom is -0.481 e. The maximum Gasteiger partial charge on any atom is 0.307 e. The van der Waals surface area contributed by atoms with Crippen LogP contribution in [0.25, 0.3) is 0 Å². The number of carbonyl (C=O) groups is 1. The molecule has 98 valence electrons. The van der Waals surface area contributed by atoms with Gasteiger partial charge in [0.25, 0.3) is 0 Å². The highest BCUT2D eigenvalue weighted by atomic mass is 32.2. The molecule has 0 radical (unpaired) electrons. The Hall–Kier alpha value is -0.960. The number of carboxylic acids is 1. The quantitative estimate of drug-likeness (QED) is 0.898. The third kappa shape index (κ3) is 2.89. The molecule has 1 aliphatic carbocycles. The zero-order valence-corrected chi connectivity index (χ0v) is 12.0. The average Bonchev–Trinajstić information content (AvgIpc) is 2.23. The summed E-state index contributed by atoms with van der Waals surface area (Å²) >= 11 is 1.71. The average molecular weight is 264 g/mol. The van der Waals surface area contributed by atoms with Gasteiger partial charge in [0.2, 0.25) is 0 Å². The summed E-state index contributed by atoms with van der Waals surface area (Å²) in [5.74, 6) is -0.803. The van der Waals surface area contributed by atoms with Crippen LogP contribution in [0.15, 0.2) is 29.2 Å². The summed E-state index contributed by atoms with van der Waals surface area (Å²) in [6, 6.07) is 8.53. The molecule has 0 aliphatic heterocycles. The maximum atomic E-state index is 11.0. The molecule has 1 aromatic carbocycles. The first-order valence-electron chi connectivity index (χ1n) is 6.38. The Balaban J connectivity index is 2.01. The molecule has 1 saturated carbocycles. The van der Waals surface area contributed by atoms with E-state index in [1.54, 1.807) is 11.8 Å². The van der Waals surface area contributed by atoms with E-state index in [9.17, 15) is 4.79 Å². The third-order valence-electron chi connectivity index (χ3n) is 3.54. The number of rotatable bonds is 3. The van der Waals surface area contributed by atoms with Crippen LogP contribution in [0.3, 0.4) is 0 Å². The molecule has 0 heterocycles. The van der Waals surface area contributed by atoms with E-state index in [1.807, 2.05) is 0 Å². The standard InChI is InChI=1S/C15H20O2S/c1-15(2,3)10-4-6-11(7-5-10)18-13-9-8-12(13)14(16)17/h4-7,12-13H,8-9H2,1-3H3,(H,16,17). The van der Waals surface area contributed by atoms with Gasteiger partial charge in [-0.1, -0.05) is 32.9 Å². The van der Waals surface area contributed by atoms with Crippen LogP contribution in [0.2, 0.25) is 0 Å². The molecule has 0 amide bonds. The van der Waals surface area contributed by atoms with E-state index in [0.717, 1.165) is 12.8 Å². The summed E-state index contributed by atoms with van der Waals surface area (Å²) in [6.07, 6.45) is 1.84. The molecule has 0 bridgehead atoms. The van der Waals surface area contributed by atoms with Crippen LogP contribution >= 0.6 is 11.8 Å². The van der Waals surface area contributed by atoms with Crippen LogP contribution in [0.5, 0.6) is 0 Å². The van der Waals surface area contributed by atoms with Gasteiger partial charge in [-0.2, -0.15) is 0 Å². The second kappa shape index (κ2) is 4.96. The first-order chi connectivity index (χ1) is 8.38. The van der Waals surface area contributed by atoms with Gasteiger partial charge in [0.15, 0.2) is 0 Å². The second-order valence-corrected chi connectivity index (χ2v) is 7.27. The normalized spacial score (nSPS) is 23.5. The molecule has 0 saturated heterocycles. The molecule has 1 fully saturated rings. The van der Waals surface area contributed by atoms with Crippen molar-refractivity contribution in [3.05, 3.63) is 29.8 Å². The van der Waals surface area contributed by atoms with Gasteiger partial charge in [-0.05, 0) is 36.0 Å². The van der Waals surface area contributed by atoms with E-state index in [1.165, 1.54) is 10.5 Å². The van der Waals surface area contributed by atoms with Crippen LogP contribution in [0.4, 0.5) is 0 Å². The number of hydrogen-bond acceptors (Lipinski definition) is 2. The predicted molar refractivity (Wildman–Crippen MR) is 75.1 cm³/mol. The van der Waals surface area contributed by atoms with Gasteiger partial charge in [-0.3, -0.25) is 4.79 Å². The van der Waals surface area contributed by atoms with E-state index in [-0.39, 0.29) is 16.6 Å². The Morgan fingerprint density at radius 3 is 2.22 bits per heavy atom. The van der Waals surface area contributed by atoms with Crippen molar-refractivity contribution in [2.24, 2.45) is 5.92 Å². The monoisotopic (exact) mass is 264 g/mol. The lowest BCUT2D eigenvalue weighted by molar-refractivity contribution is -0.144. The Morgan fingerprint density at radius 1 is 1.22 bits per heavy atom. The van der Waals surface area contributed by atoms with Gasteiger partial charge in [-0.15, -0.1) is 11.8 Å². The molecule has 2 atom stereocenters. The van der Waals surface area contributed by atoms with Gasteiger partial charge < -0.3 is 5.11 Å². The summed E-state index contributed by atoms with van der Waals surface area (Å²) in [6.45, 7) is 6.59. The van der Waals surface area contributed by atoms with Crippen molar-refractivity contribution in [1.82, 2.24) is 0 Å². The lowest BCUT2D eigenvalue weighted by Crippen LogP contribution is -2.35. The zero-order valence-electron chi connectivity index (χ0n) is 11.1. The molecular weight excluding hydrogens is 244 g/mol. The summed E-state index contributed by atoms with van der Waals surface area (Å²) in [4.78, 5) is 12.1. The first-order valence-corrected chi connectivity index (χ1v) is 7.26. The van der Waals surface area contributed by atoms with E-state index >= 15 is 0 Å². The fourth-order valence-electron chi connectivity index (χ4n) is 2.10. The molecule has 18 heavy (non-hydrogen) atoms. The number of thioether (sulfide) groups is 1. The SMILES string of the molecule is CC(C)(C)c1ccc(SC2CCC2C(=O)O)cc1.